The van der Waals surface area contributed by atoms with Gasteiger partial charge in [0.15, 0.2) is 23.0 Å². The summed E-state index contributed by atoms with van der Waals surface area (Å²) in [5, 5.41) is 48.7. The van der Waals surface area contributed by atoms with Crippen LogP contribution in [0.3, 0.4) is 0 Å². The van der Waals surface area contributed by atoms with Gasteiger partial charge < -0.3 is 25.5 Å². The first-order valence-electron chi connectivity index (χ1n) is 6.84. The maximum atomic E-state index is 10.3. The Balaban J connectivity index is 2.10. The lowest BCUT2D eigenvalue weighted by Crippen LogP contribution is -1.85. The number of aromatic hydroxyl groups is 5. The molecule has 3 aromatic carbocycles. The lowest BCUT2D eigenvalue weighted by Gasteiger charge is -2.12. The predicted molar refractivity (Wildman–Crippen MR) is 85.6 cm³/mol. The highest BCUT2D eigenvalue weighted by molar-refractivity contribution is 5.83. The molecule has 0 aliphatic rings. The molecule has 3 aromatic rings. The molecule has 0 bridgehead atoms. The molecular weight excluding hydrogens is 296 g/mol. The second-order valence-corrected chi connectivity index (χ2v) is 5.11. The van der Waals surface area contributed by atoms with Gasteiger partial charge in [0.25, 0.3) is 0 Å². The number of benzene rings is 3. The van der Waals surface area contributed by atoms with Crippen molar-refractivity contribution in [3.8, 4) is 51.0 Å². The molecule has 0 aromatic heterocycles. The fraction of sp³-hybridized carbons (Fsp3) is 0. The van der Waals surface area contributed by atoms with Crippen LogP contribution >= 0.6 is 0 Å². The van der Waals surface area contributed by atoms with Crippen molar-refractivity contribution in [2.24, 2.45) is 0 Å². The zero-order chi connectivity index (χ0) is 16.6. The zero-order valence-electron chi connectivity index (χ0n) is 11.9. The van der Waals surface area contributed by atoms with E-state index in [2.05, 4.69) is 0 Å². The quantitative estimate of drug-likeness (QED) is 0.466. The van der Waals surface area contributed by atoms with Crippen LogP contribution in [-0.4, -0.2) is 25.5 Å². The van der Waals surface area contributed by atoms with E-state index in [4.69, 9.17) is 0 Å². The molecule has 0 saturated carbocycles. The number of phenols is 5. The highest BCUT2D eigenvalue weighted by atomic mass is 16.3. The average molecular weight is 310 g/mol. The Bertz CT molecular complexity index is 869. The van der Waals surface area contributed by atoms with Crippen LogP contribution in [0.1, 0.15) is 0 Å². The molecule has 0 fully saturated rings. The maximum absolute atomic E-state index is 10.3. The van der Waals surface area contributed by atoms with Gasteiger partial charge in [0, 0.05) is 11.1 Å². The van der Waals surface area contributed by atoms with Gasteiger partial charge in [-0.2, -0.15) is 0 Å². The lowest BCUT2D eigenvalue weighted by atomic mass is 9.97. The van der Waals surface area contributed by atoms with Crippen molar-refractivity contribution in [1.29, 1.82) is 0 Å². The van der Waals surface area contributed by atoms with E-state index in [1.165, 1.54) is 30.3 Å². The zero-order valence-corrected chi connectivity index (χ0v) is 11.9. The molecule has 0 amide bonds. The van der Waals surface area contributed by atoms with Crippen molar-refractivity contribution in [1.82, 2.24) is 0 Å². The number of hydrogen-bond acceptors (Lipinski definition) is 5. The largest absolute Gasteiger partial charge is 0.508 e. The van der Waals surface area contributed by atoms with Gasteiger partial charge in [-0.3, -0.25) is 0 Å². The summed E-state index contributed by atoms with van der Waals surface area (Å²) in [5.41, 5.74) is 1.82. The summed E-state index contributed by atoms with van der Waals surface area (Å²) in [7, 11) is 0. The van der Waals surface area contributed by atoms with E-state index in [1.807, 2.05) is 0 Å². The number of rotatable bonds is 2. The molecule has 0 atom stereocenters. The topological polar surface area (TPSA) is 101 Å². The summed E-state index contributed by atoms with van der Waals surface area (Å²) in [6.45, 7) is 0. The Morgan fingerprint density at radius 1 is 0.478 bits per heavy atom. The third-order valence-corrected chi connectivity index (χ3v) is 3.62. The van der Waals surface area contributed by atoms with Crippen molar-refractivity contribution >= 4 is 0 Å². The summed E-state index contributed by atoms with van der Waals surface area (Å²) < 4.78 is 0. The van der Waals surface area contributed by atoms with E-state index in [9.17, 15) is 25.5 Å². The first-order valence-corrected chi connectivity index (χ1v) is 6.84. The van der Waals surface area contributed by atoms with Crippen LogP contribution in [0.15, 0.2) is 54.6 Å². The number of phenolic OH excluding ortho intramolecular Hbond substituents is 5. The van der Waals surface area contributed by atoms with E-state index in [-0.39, 0.29) is 28.7 Å². The highest BCUT2D eigenvalue weighted by Gasteiger charge is 2.15. The monoisotopic (exact) mass is 310 g/mol. The first-order chi connectivity index (χ1) is 11.0. The Kier molecular flexibility index (Phi) is 3.46. The Hall–Kier alpha value is -3.34. The molecule has 0 radical (unpaired) electrons. The van der Waals surface area contributed by atoms with Crippen molar-refractivity contribution < 1.29 is 25.5 Å². The minimum absolute atomic E-state index is 0.105. The van der Waals surface area contributed by atoms with E-state index in [1.54, 1.807) is 24.3 Å². The van der Waals surface area contributed by atoms with Gasteiger partial charge in [0.05, 0.1) is 0 Å². The highest BCUT2D eigenvalue weighted by Crippen LogP contribution is 2.44. The van der Waals surface area contributed by atoms with Gasteiger partial charge in [-0.05, 0) is 47.5 Å². The Morgan fingerprint density at radius 3 is 1.57 bits per heavy atom. The molecular formula is C18H14O5. The molecule has 5 heteroatoms. The molecule has 0 heterocycles. The molecule has 0 unspecified atom stereocenters. The van der Waals surface area contributed by atoms with Crippen LogP contribution < -0.4 is 0 Å². The van der Waals surface area contributed by atoms with Crippen molar-refractivity contribution in [3.63, 3.8) is 0 Å². The second kappa shape index (κ2) is 5.46. The van der Waals surface area contributed by atoms with Gasteiger partial charge in [-0.25, -0.2) is 0 Å². The smallest absolute Gasteiger partial charge is 0.166 e. The summed E-state index contributed by atoms with van der Waals surface area (Å²) >= 11 is 0. The van der Waals surface area contributed by atoms with E-state index in [0.717, 1.165) is 0 Å². The van der Waals surface area contributed by atoms with Crippen LogP contribution in [0.5, 0.6) is 28.7 Å². The molecule has 0 spiro atoms. The van der Waals surface area contributed by atoms with Crippen molar-refractivity contribution in [2.75, 3.05) is 0 Å². The Morgan fingerprint density at radius 2 is 1.00 bits per heavy atom. The molecule has 116 valence electrons. The molecule has 5 nitrogen and oxygen atoms in total. The maximum Gasteiger partial charge on any atom is 0.166 e. The van der Waals surface area contributed by atoms with Gasteiger partial charge in [0.1, 0.15) is 5.75 Å². The fourth-order valence-corrected chi connectivity index (χ4v) is 2.38. The van der Waals surface area contributed by atoms with Crippen molar-refractivity contribution in [3.05, 3.63) is 54.6 Å². The molecule has 23 heavy (non-hydrogen) atoms. The molecule has 0 aliphatic heterocycles. The van der Waals surface area contributed by atoms with E-state index in [0.29, 0.717) is 22.3 Å². The Labute approximate surface area is 132 Å². The van der Waals surface area contributed by atoms with Gasteiger partial charge in [-0.15, -0.1) is 0 Å². The summed E-state index contributed by atoms with van der Waals surface area (Å²) in [4.78, 5) is 0. The van der Waals surface area contributed by atoms with Crippen LogP contribution in [0.4, 0.5) is 0 Å². The van der Waals surface area contributed by atoms with Gasteiger partial charge in [-0.1, -0.05) is 18.2 Å². The van der Waals surface area contributed by atoms with Crippen LogP contribution in [0.25, 0.3) is 22.3 Å². The third kappa shape index (κ3) is 2.60. The van der Waals surface area contributed by atoms with Crippen LogP contribution in [-0.2, 0) is 0 Å². The molecule has 5 N–H and O–H groups in total. The average Bonchev–Trinajstić information content (AvgIpc) is 2.54. The second-order valence-electron chi connectivity index (χ2n) is 5.11. The van der Waals surface area contributed by atoms with Crippen molar-refractivity contribution in [2.45, 2.75) is 0 Å². The fourth-order valence-electron chi connectivity index (χ4n) is 2.38. The molecule has 3 rings (SSSR count). The van der Waals surface area contributed by atoms with E-state index >= 15 is 0 Å². The predicted octanol–water partition coefficient (Wildman–Crippen LogP) is 3.55. The van der Waals surface area contributed by atoms with Gasteiger partial charge in [0.2, 0.25) is 0 Å². The van der Waals surface area contributed by atoms with Crippen LogP contribution in [0, 0.1) is 0 Å². The number of hydrogen-bond donors (Lipinski definition) is 5. The molecule has 0 saturated heterocycles. The third-order valence-electron chi connectivity index (χ3n) is 3.62. The van der Waals surface area contributed by atoms with Crippen LogP contribution in [0.2, 0.25) is 0 Å². The summed E-state index contributed by atoms with van der Waals surface area (Å²) in [5.74, 6) is -1.11. The lowest BCUT2D eigenvalue weighted by molar-refractivity contribution is 0.403. The summed E-state index contributed by atoms with van der Waals surface area (Å²) in [6.07, 6.45) is 0. The minimum Gasteiger partial charge on any atom is -0.508 e. The standard InChI is InChI=1S/C18H14O5/c19-12-4-1-10(2-5-12)13-6-7-14(18(23)17(13)22)11-3-8-15(20)16(21)9-11/h1-9,19-23H. The molecule has 0 aliphatic carbocycles. The SMILES string of the molecule is Oc1ccc(-c2ccc(-c3ccc(O)c(O)c3)c(O)c2O)cc1. The summed E-state index contributed by atoms with van der Waals surface area (Å²) in [6, 6.07) is 13.5. The minimum atomic E-state index is -0.333. The van der Waals surface area contributed by atoms with E-state index < -0.39 is 0 Å². The normalized spacial score (nSPS) is 10.6. The van der Waals surface area contributed by atoms with Gasteiger partial charge >= 0.3 is 0 Å². The first kappa shape index (κ1) is 14.6.